The highest BCUT2D eigenvalue weighted by Crippen LogP contribution is 2.38. The van der Waals surface area contributed by atoms with Crippen molar-refractivity contribution >= 4 is 34.6 Å². The summed E-state index contributed by atoms with van der Waals surface area (Å²) in [5.41, 5.74) is 2.94. The van der Waals surface area contributed by atoms with Crippen LogP contribution in [0.1, 0.15) is 5.56 Å². The summed E-state index contributed by atoms with van der Waals surface area (Å²) in [5.74, 6) is -0.372. The Balaban J connectivity index is 1.63. The Labute approximate surface area is 185 Å². The van der Waals surface area contributed by atoms with Gasteiger partial charge < -0.3 is 19.9 Å². The maximum atomic E-state index is 13.1. The number of hydrogen-bond acceptors (Lipinski definition) is 6. The lowest BCUT2D eigenvalue weighted by Crippen LogP contribution is -2.61. The third-order valence-electron chi connectivity index (χ3n) is 6.04. The number of carbonyl (C=O) groups excluding carboxylic acids is 1. The molecule has 4 rings (SSSR count). The molecule has 0 saturated carbocycles. The minimum absolute atomic E-state index is 0.0408. The van der Waals surface area contributed by atoms with Crippen molar-refractivity contribution in [1.29, 1.82) is 0 Å². The number of methoxy groups -OCH3 is 1. The first-order valence-electron chi connectivity index (χ1n) is 10.3. The zero-order valence-corrected chi connectivity index (χ0v) is 18.0. The highest BCUT2D eigenvalue weighted by Gasteiger charge is 2.42. The molecule has 2 aromatic rings. The summed E-state index contributed by atoms with van der Waals surface area (Å²) in [7, 11) is 1.59. The molecule has 0 radical (unpaired) electrons. The number of piperazine rings is 1. The number of non-ortho nitro benzene ring substituents is 1. The van der Waals surface area contributed by atoms with E-state index in [-0.39, 0.29) is 23.6 Å². The number of nitrogens with one attached hydrogen (secondary N) is 1. The number of nitro benzene ring substituents is 1. The largest absolute Gasteiger partial charge is 0.383 e. The van der Waals surface area contributed by atoms with Crippen molar-refractivity contribution in [1.82, 2.24) is 5.32 Å². The van der Waals surface area contributed by atoms with Crippen molar-refractivity contribution < 1.29 is 14.5 Å². The monoisotopic (exact) mass is 444 g/mol. The Hall–Kier alpha value is -2.84. The number of amides is 1. The molecule has 2 aromatic carbocycles. The van der Waals surface area contributed by atoms with Crippen LogP contribution >= 0.6 is 11.6 Å². The number of hydrogen-bond donors (Lipinski definition) is 1. The van der Waals surface area contributed by atoms with Crippen molar-refractivity contribution in [2.75, 3.05) is 49.7 Å². The van der Waals surface area contributed by atoms with Crippen LogP contribution in [-0.4, -0.2) is 56.8 Å². The van der Waals surface area contributed by atoms with Crippen LogP contribution in [0, 0.1) is 16.0 Å². The predicted molar refractivity (Wildman–Crippen MR) is 120 cm³/mol. The second-order valence-electron chi connectivity index (χ2n) is 7.85. The van der Waals surface area contributed by atoms with Gasteiger partial charge in [0.15, 0.2) is 0 Å². The van der Waals surface area contributed by atoms with Crippen LogP contribution in [0.2, 0.25) is 5.02 Å². The molecule has 2 aliphatic heterocycles. The highest BCUT2D eigenvalue weighted by atomic mass is 35.5. The summed E-state index contributed by atoms with van der Waals surface area (Å²) in [5, 5.41) is 14.9. The van der Waals surface area contributed by atoms with E-state index >= 15 is 0 Å². The summed E-state index contributed by atoms with van der Waals surface area (Å²) in [6.07, 6.45) is 0.464. The summed E-state index contributed by atoms with van der Waals surface area (Å²) in [6, 6.07) is 12.6. The minimum Gasteiger partial charge on any atom is -0.383 e. The number of ether oxygens (including phenoxy) is 1. The van der Waals surface area contributed by atoms with E-state index in [0.717, 1.165) is 30.0 Å². The lowest BCUT2D eigenvalue weighted by molar-refractivity contribution is -0.384. The molecule has 8 nitrogen and oxygen atoms in total. The van der Waals surface area contributed by atoms with Crippen LogP contribution in [-0.2, 0) is 16.0 Å². The number of rotatable bonds is 6. The number of carbonyl (C=O) groups is 1. The third-order valence-corrected chi connectivity index (χ3v) is 6.29. The standard InChI is InChI=1S/C22H25ClN4O4/c1-31-11-8-24-22(28)19-13-15-12-18(27(29)30)6-7-20(15)26-10-9-25(14-21(19)26)17-4-2-16(23)3-5-17/h2-7,12,19,21H,8-11,13-14H2,1H3,(H,24,28)/t19-,21+/m1/s1. The van der Waals surface area contributed by atoms with E-state index in [4.69, 9.17) is 16.3 Å². The van der Waals surface area contributed by atoms with E-state index in [1.165, 1.54) is 0 Å². The molecule has 9 heteroatoms. The van der Waals surface area contributed by atoms with E-state index in [2.05, 4.69) is 15.1 Å². The van der Waals surface area contributed by atoms with Crippen molar-refractivity contribution in [3.63, 3.8) is 0 Å². The van der Waals surface area contributed by atoms with Crippen LogP contribution in [0.5, 0.6) is 0 Å². The first kappa shape index (κ1) is 21.4. The van der Waals surface area contributed by atoms with Gasteiger partial charge in [-0.05, 0) is 42.3 Å². The number of nitrogens with zero attached hydrogens (tertiary/aromatic N) is 3. The van der Waals surface area contributed by atoms with Crippen LogP contribution in [0.4, 0.5) is 17.1 Å². The van der Waals surface area contributed by atoms with E-state index in [9.17, 15) is 14.9 Å². The summed E-state index contributed by atoms with van der Waals surface area (Å²) < 4.78 is 5.05. The van der Waals surface area contributed by atoms with Crippen LogP contribution in [0.3, 0.4) is 0 Å². The predicted octanol–water partition coefficient (Wildman–Crippen LogP) is 2.88. The van der Waals surface area contributed by atoms with Gasteiger partial charge >= 0.3 is 0 Å². The molecular formula is C22H25ClN4O4. The molecule has 31 heavy (non-hydrogen) atoms. The molecule has 0 aliphatic carbocycles. The SMILES string of the molecule is COCCNC(=O)[C@@H]1Cc2cc([N+](=O)[O-])ccc2N2CCN(c3ccc(Cl)cc3)C[C@@H]12. The topological polar surface area (TPSA) is 87.9 Å². The second-order valence-corrected chi connectivity index (χ2v) is 8.28. The van der Waals surface area contributed by atoms with Crippen LogP contribution < -0.4 is 15.1 Å². The van der Waals surface area contributed by atoms with Crippen LogP contribution in [0.25, 0.3) is 0 Å². The lowest BCUT2D eigenvalue weighted by atomic mass is 9.83. The smallest absolute Gasteiger partial charge is 0.269 e. The fourth-order valence-corrected chi connectivity index (χ4v) is 4.64. The molecular weight excluding hydrogens is 420 g/mol. The van der Waals surface area contributed by atoms with Crippen molar-refractivity contribution in [2.24, 2.45) is 5.92 Å². The molecule has 1 saturated heterocycles. The van der Waals surface area contributed by atoms with Gasteiger partial charge in [0.2, 0.25) is 5.91 Å². The molecule has 1 N–H and O–H groups in total. The quantitative estimate of drug-likeness (QED) is 0.418. The molecule has 1 amide bonds. The Morgan fingerprint density at radius 1 is 1.26 bits per heavy atom. The summed E-state index contributed by atoms with van der Waals surface area (Å²) in [4.78, 5) is 28.5. The number of nitro groups is 1. The van der Waals surface area contributed by atoms with E-state index < -0.39 is 4.92 Å². The average molecular weight is 445 g/mol. The fourth-order valence-electron chi connectivity index (χ4n) is 4.52. The lowest BCUT2D eigenvalue weighted by Gasteiger charge is -2.49. The van der Waals surface area contributed by atoms with E-state index in [0.29, 0.717) is 31.1 Å². The zero-order chi connectivity index (χ0) is 22.0. The average Bonchev–Trinajstić information content (AvgIpc) is 2.78. The molecule has 2 aliphatic rings. The Kier molecular flexibility index (Phi) is 6.29. The fraction of sp³-hybridized carbons (Fsp3) is 0.409. The van der Waals surface area contributed by atoms with Crippen LogP contribution in [0.15, 0.2) is 42.5 Å². The van der Waals surface area contributed by atoms with Crippen molar-refractivity contribution in [2.45, 2.75) is 12.5 Å². The van der Waals surface area contributed by atoms with Gasteiger partial charge in [-0.1, -0.05) is 11.6 Å². The van der Waals surface area contributed by atoms with Gasteiger partial charge in [-0.3, -0.25) is 14.9 Å². The molecule has 0 aromatic heterocycles. The Bertz CT molecular complexity index is 968. The number of fused-ring (bicyclic) bond motifs is 3. The first-order valence-corrected chi connectivity index (χ1v) is 10.7. The number of halogens is 1. The summed E-state index contributed by atoms with van der Waals surface area (Å²) >= 11 is 6.04. The third kappa shape index (κ3) is 4.45. The molecule has 2 atom stereocenters. The minimum atomic E-state index is -0.390. The first-order chi connectivity index (χ1) is 15.0. The molecule has 164 valence electrons. The van der Waals surface area contributed by atoms with Gasteiger partial charge in [-0.2, -0.15) is 0 Å². The van der Waals surface area contributed by atoms with Crippen molar-refractivity contribution in [3.05, 3.63) is 63.2 Å². The zero-order valence-electron chi connectivity index (χ0n) is 17.3. The molecule has 0 unspecified atom stereocenters. The second kappa shape index (κ2) is 9.11. The van der Waals surface area contributed by atoms with E-state index in [1.54, 1.807) is 19.2 Å². The molecule has 2 heterocycles. The maximum absolute atomic E-state index is 13.1. The molecule has 0 spiro atoms. The molecule has 0 bridgehead atoms. The Morgan fingerprint density at radius 3 is 2.74 bits per heavy atom. The Morgan fingerprint density at radius 2 is 2.03 bits per heavy atom. The van der Waals surface area contributed by atoms with Gasteiger partial charge in [0.25, 0.3) is 5.69 Å². The van der Waals surface area contributed by atoms with Gasteiger partial charge in [0.05, 0.1) is 23.5 Å². The molecule has 1 fully saturated rings. The normalized spacial score (nSPS) is 20.1. The maximum Gasteiger partial charge on any atom is 0.269 e. The number of anilines is 2. The highest BCUT2D eigenvalue weighted by molar-refractivity contribution is 6.30. The van der Waals surface area contributed by atoms with E-state index in [1.807, 2.05) is 30.3 Å². The summed E-state index contributed by atoms with van der Waals surface area (Å²) in [6.45, 7) is 3.06. The van der Waals surface area contributed by atoms with Gasteiger partial charge in [-0.25, -0.2) is 0 Å². The van der Waals surface area contributed by atoms with Gasteiger partial charge in [0, 0.05) is 61.8 Å². The van der Waals surface area contributed by atoms with Gasteiger partial charge in [0.1, 0.15) is 0 Å². The van der Waals surface area contributed by atoms with Crippen molar-refractivity contribution in [3.8, 4) is 0 Å². The number of benzene rings is 2. The van der Waals surface area contributed by atoms with Gasteiger partial charge in [-0.15, -0.1) is 0 Å².